The second kappa shape index (κ2) is 16.3. The van der Waals surface area contributed by atoms with Gasteiger partial charge in [-0.25, -0.2) is 19.2 Å². The van der Waals surface area contributed by atoms with Crippen molar-refractivity contribution in [1.29, 1.82) is 0 Å². The molecule has 0 bridgehead atoms. The van der Waals surface area contributed by atoms with Crippen LogP contribution in [0.15, 0.2) is 47.8 Å². The Morgan fingerprint density at radius 2 is 1.11 bits per heavy atom. The molecule has 1 N–H and O–H groups in total. The second-order valence-electron chi connectivity index (χ2n) is 20.7. The highest BCUT2D eigenvalue weighted by atomic mass is 16.6. The molecule has 336 valence electrons. The molecule has 4 saturated heterocycles. The maximum atomic E-state index is 13.6. The molecule has 2 spiro atoms. The summed E-state index contributed by atoms with van der Waals surface area (Å²) in [5.74, 6) is 0.463. The number of piperidine rings is 2. The van der Waals surface area contributed by atoms with Gasteiger partial charge in [0.2, 0.25) is 0 Å². The van der Waals surface area contributed by atoms with Crippen molar-refractivity contribution in [3.05, 3.63) is 92.3 Å². The minimum atomic E-state index is -0.511. The van der Waals surface area contributed by atoms with Crippen molar-refractivity contribution in [2.45, 2.75) is 163 Å². The summed E-state index contributed by atoms with van der Waals surface area (Å²) in [6, 6.07) is 8.95. The monoisotopic (exact) mass is 851 g/mol. The van der Waals surface area contributed by atoms with E-state index in [2.05, 4.69) is 90.2 Å². The Labute approximate surface area is 369 Å². The lowest BCUT2D eigenvalue weighted by Crippen LogP contribution is -2.55. The van der Waals surface area contributed by atoms with Crippen LogP contribution in [0.4, 0.5) is 19.2 Å². The summed E-state index contributed by atoms with van der Waals surface area (Å²) in [5, 5.41) is 3.27. The predicted molar refractivity (Wildman–Crippen MR) is 242 cm³/mol. The largest absolute Gasteiger partial charge is 0.444 e. The van der Waals surface area contributed by atoms with Gasteiger partial charge in [0.15, 0.2) is 0 Å². The predicted octanol–water partition coefficient (Wildman–Crippen LogP) is 9.93. The highest BCUT2D eigenvalue weighted by Gasteiger charge is 2.55. The molecule has 2 unspecified atom stereocenters. The van der Waals surface area contributed by atoms with Crippen LogP contribution in [0, 0.1) is 27.7 Å². The maximum Gasteiger partial charge on any atom is 0.410 e. The molecule has 12 nitrogen and oxygen atoms in total. The number of hydrogen-bond donors (Lipinski definition) is 1. The van der Waals surface area contributed by atoms with E-state index >= 15 is 0 Å². The molecule has 2 atom stereocenters. The first-order valence-electron chi connectivity index (χ1n) is 22.7. The SMILES string of the molecule is CCN1C(=O)N2Cc3cc(C)cc(C)c3C(C)C=C2C12CCN(C(=O)OC(C)(C)C)CC2.Cc1cc(C)c2c(c1)CN1C(=O)NC3(CCN(C(=O)OC(C)(C)C)CC3)C1=CC2C. The number of ether oxygens (including phenoxy) is 2. The van der Waals surface area contributed by atoms with E-state index in [1.165, 1.54) is 44.5 Å². The molecule has 12 heteroatoms. The summed E-state index contributed by atoms with van der Waals surface area (Å²) in [4.78, 5) is 61.2. The van der Waals surface area contributed by atoms with Crippen molar-refractivity contribution >= 4 is 24.2 Å². The molecule has 6 aliphatic heterocycles. The number of benzene rings is 2. The van der Waals surface area contributed by atoms with Crippen LogP contribution in [0.5, 0.6) is 0 Å². The molecule has 6 heterocycles. The molecule has 2 aromatic rings. The third-order valence-electron chi connectivity index (χ3n) is 13.6. The number of likely N-dealkylation sites (tertiary alicyclic amines) is 2. The number of nitrogens with zero attached hydrogens (tertiary/aromatic N) is 5. The maximum absolute atomic E-state index is 13.6. The quantitative estimate of drug-likeness (QED) is 0.306. The number of hydrogen-bond acceptors (Lipinski definition) is 6. The number of amides is 6. The van der Waals surface area contributed by atoms with Gasteiger partial charge in [0.05, 0.1) is 24.2 Å². The van der Waals surface area contributed by atoms with Crippen LogP contribution in [-0.2, 0) is 22.6 Å². The van der Waals surface area contributed by atoms with E-state index in [1.807, 2.05) is 56.2 Å². The van der Waals surface area contributed by atoms with Crippen molar-refractivity contribution in [2.24, 2.45) is 0 Å². The normalized spacial score (nSPS) is 22.6. The minimum absolute atomic E-state index is 0.0359. The van der Waals surface area contributed by atoms with Crippen LogP contribution in [0.1, 0.15) is 144 Å². The molecule has 6 aliphatic rings. The van der Waals surface area contributed by atoms with Gasteiger partial charge in [-0.2, -0.15) is 0 Å². The van der Waals surface area contributed by atoms with Crippen molar-refractivity contribution in [3.8, 4) is 0 Å². The van der Waals surface area contributed by atoms with E-state index in [-0.39, 0.29) is 41.6 Å². The second-order valence-corrected chi connectivity index (χ2v) is 20.7. The summed E-state index contributed by atoms with van der Waals surface area (Å²) in [7, 11) is 0. The molecule has 62 heavy (non-hydrogen) atoms. The lowest BCUT2D eigenvalue weighted by atomic mass is 9.82. The van der Waals surface area contributed by atoms with E-state index in [1.54, 1.807) is 9.80 Å². The number of carbonyl (C=O) groups is 4. The fourth-order valence-electron chi connectivity index (χ4n) is 11.1. The molecule has 8 rings (SSSR count). The lowest BCUT2D eigenvalue weighted by Gasteiger charge is -2.44. The average Bonchev–Trinajstić information content (AvgIpc) is 3.34. The van der Waals surface area contributed by atoms with E-state index in [4.69, 9.17) is 9.47 Å². The van der Waals surface area contributed by atoms with E-state index < -0.39 is 16.7 Å². The highest BCUT2D eigenvalue weighted by molar-refractivity contribution is 5.84. The smallest absolute Gasteiger partial charge is 0.410 e. The van der Waals surface area contributed by atoms with Gasteiger partial charge >= 0.3 is 24.2 Å². The third-order valence-corrected chi connectivity index (χ3v) is 13.6. The van der Waals surface area contributed by atoms with Crippen molar-refractivity contribution in [3.63, 3.8) is 0 Å². The summed E-state index contributed by atoms with van der Waals surface area (Å²) in [6.07, 6.45) is 6.88. The Hall–Kier alpha value is -5.00. The van der Waals surface area contributed by atoms with Gasteiger partial charge in [0.25, 0.3) is 0 Å². The number of aryl methyl sites for hydroxylation is 4. The molecular formula is C50H70N6O6. The fraction of sp³-hybridized carbons (Fsp3) is 0.600. The Bertz CT molecular complexity index is 2200. The Kier molecular flexibility index (Phi) is 11.8. The first-order chi connectivity index (χ1) is 29.0. The Morgan fingerprint density at radius 3 is 1.56 bits per heavy atom. The van der Waals surface area contributed by atoms with Crippen LogP contribution in [0.2, 0.25) is 0 Å². The van der Waals surface area contributed by atoms with Crippen LogP contribution in [0.25, 0.3) is 0 Å². The number of allylic oxidation sites excluding steroid dienone is 2. The zero-order valence-corrected chi connectivity index (χ0v) is 39.6. The van der Waals surface area contributed by atoms with Crippen LogP contribution in [-0.4, -0.2) is 104 Å². The molecule has 4 fully saturated rings. The number of fused-ring (bicyclic) bond motifs is 6. The van der Waals surface area contributed by atoms with Gasteiger partial charge in [-0.1, -0.05) is 61.4 Å². The fourth-order valence-corrected chi connectivity index (χ4v) is 11.1. The summed E-state index contributed by atoms with van der Waals surface area (Å²) in [6.45, 7) is 30.6. The molecule has 6 amide bonds. The van der Waals surface area contributed by atoms with Crippen molar-refractivity contribution in [2.75, 3.05) is 32.7 Å². The number of carbonyl (C=O) groups excluding carboxylic acids is 4. The number of likely N-dealkylation sites (N-methyl/N-ethyl adjacent to an activating group) is 1. The highest BCUT2D eigenvalue weighted by Crippen LogP contribution is 2.48. The van der Waals surface area contributed by atoms with E-state index in [9.17, 15) is 19.2 Å². The Morgan fingerprint density at radius 1 is 0.677 bits per heavy atom. The van der Waals surface area contributed by atoms with Gasteiger partial charge in [0.1, 0.15) is 11.2 Å². The number of urea groups is 2. The molecule has 0 radical (unpaired) electrons. The standard InChI is InChI=1S/C26H37N3O3.C24H33N3O3/c1-8-29-23(30)28-16-20-14-17(2)13-18(3)22(20)19(4)15-21(28)26(29)9-11-27(12-10-26)24(31)32-25(5,6)7;1-15-11-16(2)20-17(3)13-19-24(25-21(28)27(19)14-18(20)12-15)7-9-26(10-8-24)22(29)30-23(4,5)6/h13-15,19H,8-12,16H2,1-7H3;11-13,17H,7-10,14H2,1-6H3,(H,25,28). The number of nitrogens with one attached hydrogen (secondary N) is 1. The van der Waals surface area contributed by atoms with Crippen LogP contribution in [0.3, 0.4) is 0 Å². The van der Waals surface area contributed by atoms with E-state index in [0.29, 0.717) is 58.7 Å². The molecule has 0 saturated carbocycles. The Balaban J connectivity index is 0.000000187. The third kappa shape index (κ3) is 8.42. The molecular weight excluding hydrogens is 781 g/mol. The van der Waals surface area contributed by atoms with Crippen LogP contribution >= 0.6 is 0 Å². The van der Waals surface area contributed by atoms with E-state index in [0.717, 1.165) is 24.2 Å². The minimum Gasteiger partial charge on any atom is -0.444 e. The molecule has 0 aromatic heterocycles. The van der Waals surface area contributed by atoms with Gasteiger partial charge in [-0.15, -0.1) is 0 Å². The first-order valence-corrected chi connectivity index (χ1v) is 22.7. The lowest BCUT2D eigenvalue weighted by molar-refractivity contribution is 0.0111. The zero-order valence-electron chi connectivity index (χ0n) is 39.6. The van der Waals surface area contributed by atoms with Crippen LogP contribution < -0.4 is 5.32 Å². The van der Waals surface area contributed by atoms with Gasteiger partial charge in [-0.3, -0.25) is 9.80 Å². The van der Waals surface area contributed by atoms with Gasteiger partial charge < -0.3 is 29.5 Å². The van der Waals surface area contributed by atoms with Gasteiger partial charge in [0, 0.05) is 56.0 Å². The molecule has 0 aliphatic carbocycles. The van der Waals surface area contributed by atoms with Gasteiger partial charge in [-0.05, 0) is 135 Å². The number of rotatable bonds is 1. The first kappa shape index (κ1) is 45.0. The molecule has 2 aromatic carbocycles. The summed E-state index contributed by atoms with van der Waals surface area (Å²) in [5.41, 5.74) is 10.6. The zero-order chi connectivity index (χ0) is 45.3. The summed E-state index contributed by atoms with van der Waals surface area (Å²) >= 11 is 0. The summed E-state index contributed by atoms with van der Waals surface area (Å²) < 4.78 is 11.1. The average molecular weight is 851 g/mol. The van der Waals surface area contributed by atoms with Crippen molar-refractivity contribution < 1.29 is 28.7 Å². The topological polar surface area (TPSA) is 115 Å². The van der Waals surface area contributed by atoms with Crippen molar-refractivity contribution in [1.82, 2.24) is 29.8 Å².